The zero-order valence-electron chi connectivity index (χ0n) is 11.4. The number of hydrogen-bond donors (Lipinski definition) is 2. The molecule has 1 amide bonds. The lowest BCUT2D eigenvalue weighted by Gasteiger charge is -2.10. The number of imidazole rings is 1. The smallest absolute Gasteiger partial charge is 0.230 e. The van der Waals surface area contributed by atoms with Crippen LogP contribution in [0.1, 0.15) is 12.8 Å². The summed E-state index contributed by atoms with van der Waals surface area (Å²) in [6.45, 7) is 1.39. The zero-order valence-corrected chi connectivity index (χ0v) is 13.0. The summed E-state index contributed by atoms with van der Waals surface area (Å²) in [5.74, 6) is 0.328. The van der Waals surface area contributed by atoms with Gasteiger partial charge in [0.15, 0.2) is 5.16 Å². The third-order valence-corrected chi connectivity index (χ3v) is 4.42. The van der Waals surface area contributed by atoms with Gasteiger partial charge in [-0.3, -0.25) is 4.79 Å². The van der Waals surface area contributed by atoms with Crippen molar-refractivity contribution in [1.29, 1.82) is 0 Å². The van der Waals surface area contributed by atoms with Crippen LogP contribution in [0, 0.1) is 0 Å². The van der Waals surface area contributed by atoms with Crippen LogP contribution in [0.15, 0.2) is 23.4 Å². The lowest BCUT2D eigenvalue weighted by Crippen LogP contribution is -2.32. The molecule has 1 aromatic heterocycles. The van der Waals surface area contributed by atoms with Crippen LogP contribution in [0.3, 0.4) is 0 Å². The summed E-state index contributed by atoms with van der Waals surface area (Å²) in [5.41, 5.74) is 1.73. The van der Waals surface area contributed by atoms with E-state index in [1.807, 2.05) is 12.1 Å². The second kappa shape index (κ2) is 6.68. The van der Waals surface area contributed by atoms with Crippen molar-refractivity contribution < 1.29 is 9.53 Å². The fourth-order valence-corrected chi connectivity index (χ4v) is 3.13. The summed E-state index contributed by atoms with van der Waals surface area (Å²) in [6.07, 6.45) is 2.28. The minimum absolute atomic E-state index is 0.00557. The molecule has 0 saturated carbocycles. The molecule has 21 heavy (non-hydrogen) atoms. The quantitative estimate of drug-likeness (QED) is 0.829. The molecule has 3 rings (SSSR count). The van der Waals surface area contributed by atoms with Gasteiger partial charge < -0.3 is 15.0 Å². The predicted octanol–water partition coefficient (Wildman–Crippen LogP) is 2.60. The van der Waals surface area contributed by atoms with Gasteiger partial charge >= 0.3 is 0 Å². The van der Waals surface area contributed by atoms with E-state index in [-0.39, 0.29) is 12.0 Å². The van der Waals surface area contributed by atoms with Crippen LogP contribution in [0.4, 0.5) is 0 Å². The molecule has 0 aliphatic carbocycles. The molecule has 0 bridgehead atoms. The fraction of sp³-hybridized carbons (Fsp3) is 0.429. The molecule has 2 heterocycles. The highest BCUT2D eigenvalue weighted by molar-refractivity contribution is 7.99. The maximum absolute atomic E-state index is 11.8. The molecular weight excluding hydrogens is 310 g/mol. The van der Waals surface area contributed by atoms with Gasteiger partial charge in [-0.15, -0.1) is 0 Å². The number of benzene rings is 1. The first kappa shape index (κ1) is 14.7. The standard InChI is InChI=1S/C14H16ClN3O2S/c15-9-3-4-11-12(6-9)18-14(17-11)21-8-13(19)16-7-10-2-1-5-20-10/h3-4,6,10H,1-2,5,7-8H2,(H,16,19)(H,17,18)/t10-/m0/s1. The lowest BCUT2D eigenvalue weighted by molar-refractivity contribution is -0.119. The largest absolute Gasteiger partial charge is 0.376 e. The van der Waals surface area contributed by atoms with E-state index >= 15 is 0 Å². The summed E-state index contributed by atoms with van der Waals surface area (Å²) in [6, 6.07) is 5.48. The second-order valence-electron chi connectivity index (χ2n) is 4.93. The number of halogens is 1. The summed E-state index contributed by atoms with van der Waals surface area (Å²) < 4.78 is 5.46. The Labute approximate surface area is 131 Å². The van der Waals surface area contributed by atoms with Crippen molar-refractivity contribution in [3.8, 4) is 0 Å². The molecule has 2 aromatic rings. The highest BCUT2D eigenvalue weighted by Crippen LogP contribution is 2.22. The third kappa shape index (κ3) is 3.90. The first-order chi connectivity index (χ1) is 10.2. The molecule has 7 heteroatoms. The van der Waals surface area contributed by atoms with E-state index in [1.165, 1.54) is 11.8 Å². The number of hydrogen-bond acceptors (Lipinski definition) is 4. The van der Waals surface area contributed by atoms with Crippen LogP contribution in [0.2, 0.25) is 5.02 Å². The molecule has 5 nitrogen and oxygen atoms in total. The topological polar surface area (TPSA) is 67.0 Å². The number of aromatic amines is 1. The number of aromatic nitrogens is 2. The molecule has 112 valence electrons. The Balaban J connectivity index is 1.49. The van der Waals surface area contributed by atoms with E-state index in [1.54, 1.807) is 6.07 Å². The number of fused-ring (bicyclic) bond motifs is 1. The van der Waals surface area contributed by atoms with Crippen molar-refractivity contribution in [1.82, 2.24) is 15.3 Å². The van der Waals surface area contributed by atoms with Gasteiger partial charge in [0.25, 0.3) is 0 Å². The Kier molecular flexibility index (Phi) is 4.67. The minimum atomic E-state index is -0.00557. The summed E-state index contributed by atoms with van der Waals surface area (Å²) in [7, 11) is 0. The number of H-pyrrole nitrogens is 1. The summed E-state index contributed by atoms with van der Waals surface area (Å²) in [4.78, 5) is 19.4. The molecule has 1 aliphatic heterocycles. The summed E-state index contributed by atoms with van der Waals surface area (Å²) in [5, 5.41) is 4.28. The first-order valence-corrected chi connectivity index (χ1v) is 8.23. The van der Waals surface area contributed by atoms with Gasteiger partial charge in [-0.05, 0) is 31.0 Å². The first-order valence-electron chi connectivity index (χ1n) is 6.87. The van der Waals surface area contributed by atoms with Gasteiger partial charge in [-0.25, -0.2) is 4.98 Å². The lowest BCUT2D eigenvalue weighted by atomic mass is 10.2. The third-order valence-electron chi connectivity index (χ3n) is 3.31. The van der Waals surface area contributed by atoms with E-state index < -0.39 is 0 Å². The Bertz CT molecular complexity index is 640. The fourth-order valence-electron chi connectivity index (χ4n) is 2.24. The van der Waals surface area contributed by atoms with Crippen molar-refractivity contribution >= 4 is 40.3 Å². The van der Waals surface area contributed by atoms with Gasteiger partial charge in [0.05, 0.1) is 22.9 Å². The molecule has 1 atom stereocenters. The van der Waals surface area contributed by atoms with Crippen LogP contribution in [0.5, 0.6) is 0 Å². The van der Waals surface area contributed by atoms with Gasteiger partial charge in [0.2, 0.25) is 5.91 Å². The molecule has 1 saturated heterocycles. The molecule has 1 aromatic carbocycles. The van der Waals surface area contributed by atoms with E-state index in [9.17, 15) is 4.79 Å². The number of nitrogens with zero attached hydrogens (tertiary/aromatic N) is 1. The highest BCUT2D eigenvalue weighted by Gasteiger charge is 2.16. The maximum atomic E-state index is 11.8. The minimum Gasteiger partial charge on any atom is -0.376 e. The van der Waals surface area contributed by atoms with Crippen LogP contribution >= 0.6 is 23.4 Å². The molecule has 0 radical (unpaired) electrons. The zero-order chi connectivity index (χ0) is 14.7. The van der Waals surface area contributed by atoms with Crippen molar-refractivity contribution in [3.05, 3.63) is 23.2 Å². The van der Waals surface area contributed by atoms with Crippen LogP contribution in [-0.2, 0) is 9.53 Å². The number of amides is 1. The van der Waals surface area contributed by atoms with Crippen molar-refractivity contribution in [3.63, 3.8) is 0 Å². The van der Waals surface area contributed by atoms with Crippen molar-refractivity contribution in [2.75, 3.05) is 18.9 Å². The Hall–Kier alpha value is -1.24. The number of thioether (sulfide) groups is 1. The predicted molar refractivity (Wildman–Crippen MR) is 83.8 cm³/mol. The Morgan fingerprint density at radius 3 is 3.29 bits per heavy atom. The molecule has 1 aliphatic rings. The Morgan fingerprint density at radius 1 is 1.57 bits per heavy atom. The van der Waals surface area contributed by atoms with E-state index in [4.69, 9.17) is 16.3 Å². The van der Waals surface area contributed by atoms with E-state index in [0.29, 0.717) is 17.3 Å². The monoisotopic (exact) mass is 325 g/mol. The SMILES string of the molecule is O=C(CSc1nc2ccc(Cl)cc2[nH]1)NC[C@@H]1CCCO1. The van der Waals surface area contributed by atoms with E-state index in [2.05, 4.69) is 15.3 Å². The number of carbonyl (C=O) groups excluding carboxylic acids is 1. The van der Waals surface area contributed by atoms with Gasteiger partial charge in [-0.1, -0.05) is 23.4 Å². The average Bonchev–Trinajstić information content (AvgIpc) is 3.11. The van der Waals surface area contributed by atoms with Crippen LogP contribution in [-0.4, -0.2) is 40.9 Å². The number of ether oxygens (including phenoxy) is 1. The summed E-state index contributed by atoms with van der Waals surface area (Å²) >= 11 is 7.31. The van der Waals surface area contributed by atoms with Gasteiger partial charge in [-0.2, -0.15) is 0 Å². The molecule has 0 spiro atoms. The van der Waals surface area contributed by atoms with Crippen molar-refractivity contribution in [2.45, 2.75) is 24.1 Å². The van der Waals surface area contributed by atoms with E-state index in [0.717, 1.165) is 35.6 Å². The number of nitrogens with one attached hydrogen (secondary N) is 2. The molecule has 0 unspecified atom stereocenters. The van der Waals surface area contributed by atoms with Crippen LogP contribution < -0.4 is 5.32 Å². The molecule has 1 fully saturated rings. The number of carbonyl (C=O) groups is 1. The number of rotatable bonds is 5. The average molecular weight is 326 g/mol. The second-order valence-corrected chi connectivity index (χ2v) is 6.33. The highest BCUT2D eigenvalue weighted by atomic mass is 35.5. The van der Waals surface area contributed by atoms with Crippen molar-refractivity contribution in [2.24, 2.45) is 0 Å². The molecular formula is C14H16ClN3O2S. The Morgan fingerprint density at radius 2 is 2.48 bits per heavy atom. The van der Waals surface area contributed by atoms with Gasteiger partial charge in [0, 0.05) is 18.2 Å². The molecule has 2 N–H and O–H groups in total. The van der Waals surface area contributed by atoms with Crippen LogP contribution in [0.25, 0.3) is 11.0 Å². The normalized spacial score (nSPS) is 18.2. The van der Waals surface area contributed by atoms with Gasteiger partial charge in [0.1, 0.15) is 0 Å². The maximum Gasteiger partial charge on any atom is 0.230 e.